The molecule has 0 bridgehead atoms. The van der Waals surface area contributed by atoms with Gasteiger partial charge in [-0.05, 0) is 31.2 Å². The molecule has 104 valence electrons. The summed E-state index contributed by atoms with van der Waals surface area (Å²) in [5, 5.41) is 3.20. The van der Waals surface area contributed by atoms with Gasteiger partial charge in [0.1, 0.15) is 5.82 Å². The van der Waals surface area contributed by atoms with E-state index in [1.54, 1.807) is 17.0 Å². The summed E-state index contributed by atoms with van der Waals surface area (Å²) in [4.78, 5) is 13.9. The molecule has 0 aliphatic carbocycles. The Morgan fingerprint density at radius 2 is 2.21 bits per heavy atom. The molecule has 0 aromatic heterocycles. The van der Waals surface area contributed by atoms with Crippen LogP contribution in [-0.2, 0) is 9.53 Å². The number of anilines is 1. The van der Waals surface area contributed by atoms with Crippen LogP contribution in [-0.4, -0.2) is 38.3 Å². The van der Waals surface area contributed by atoms with Crippen LogP contribution in [0.3, 0.4) is 0 Å². The van der Waals surface area contributed by atoms with Crippen molar-refractivity contribution < 1.29 is 13.9 Å². The number of hydrogen-bond donors (Lipinski definition) is 1. The van der Waals surface area contributed by atoms with E-state index in [-0.39, 0.29) is 17.8 Å². The molecule has 0 saturated carbocycles. The van der Waals surface area contributed by atoms with Crippen LogP contribution in [0.1, 0.15) is 13.3 Å². The molecule has 1 unspecified atom stereocenters. The summed E-state index contributed by atoms with van der Waals surface area (Å²) in [5.41, 5.74) is 0.720. The lowest BCUT2D eigenvalue weighted by molar-refractivity contribution is -0.121. The minimum atomic E-state index is -0.299. The molecule has 1 amide bonds. The van der Waals surface area contributed by atoms with Gasteiger partial charge in [0.2, 0.25) is 5.91 Å². The third-order valence-corrected chi connectivity index (χ3v) is 3.16. The lowest BCUT2D eigenvalue weighted by Crippen LogP contribution is -2.42. The molecule has 19 heavy (non-hydrogen) atoms. The zero-order chi connectivity index (χ0) is 13.7. The van der Waals surface area contributed by atoms with Crippen LogP contribution in [0.4, 0.5) is 10.1 Å². The summed E-state index contributed by atoms with van der Waals surface area (Å²) in [6, 6.07) is 5.97. The van der Waals surface area contributed by atoms with E-state index in [0.717, 1.165) is 12.2 Å². The number of nitrogens with zero attached hydrogens (tertiary/aromatic N) is 1. The van der Waals surface area contributed by atoms with Gasteiger partial charge in [-0.2, -0.15) is 0 Å². The topological polar surface area (TPSA) is 41.6 Å². The Morgan fingerprint density at radius 1 is 1.47 bits per heavy atom. The van der Waals surface area contributed by atoms with Gasteiger partial charge in [-0.15, -0.1) is 0 Å². The lowest BCUT2D eigenvalue weighted by Gasteiger charge is -2.27. The number of carbonyl (C=O) groups is 1. The number of rotatable bonds is 4. The second kappa shape index (κ2) is 6.63. The standard InChI is InChI=1S/C14H19FN2O2/c1-2-17(12-5-3-11(15)4-6-12)14(18)9-13-10-16-7-8-19-13/h3-6,13,16H,2,7-10H2,1H3. The minimum Gasteiger partial charge on any atom is -0.375 e. The smallest absolute Gasteiger partial charge is 0.229 e. The average Bonchev–Trinajstić information content (AvgIpc) is 2.43. The highest BCUT2D eigenvalue weighted by Gasteiger charge is 2.21. The minimum absolute atomic E-state index is 0.00260. The Balaban J connectivity index is 2.00. The quantitative estimate of drug-likeness (QED) is 0.899. The lowest BCUT2D eigenvalue weighted by atomic mass is 10.2. The molecular formula is C14H19FN2O2. The van der Waals surface area contributed by atoms with Crippen molar-refractivity contribution in [3.05, 3.63) is 30.1 Å². The average molecular weight is 266 g/mol. The highest BCUT2D eigenvalue weighted by atomic mass is 19.1. The molecule has 1 aliphatic heterocycles. The molecule has 1 saturated heterocycles. The van der Waals surface area contributed by atoms with Gasteiger partial charge in [0, 0.05) is 25.3 Å². The molecular weight excluding hydrogens is 247 g/mol. The summed E-state index contributed by atoms with van der Waals surface area (Å²) in [6.07, 6.45) is 0.272. The Labute approximate surface area is 112 Å². The van der Waals surface area contributed by atoms with Gasteiger partial charge in [0.15, 0.2) is 0 Å². The molecule has 1 N–H and O–H groups in total. The largest absolute Gasteiger partial charge is 0.375 e. The van der Waals surface area contributed by atoms with Gasteiger partial charge in [-0.3, -0.25) is 4.79 Å². The molecule has 1 aromatic rings. The van der Waals surface area contributed by atoms with Gasteiger partial charge < -0.3 is 15.0 Å². The molecule has 1 fully saturated rings. The third kappa shape index (κ3) is 3.75. The number of morpholine rings is 1. The van der Waals surface area contributed by atoms with E-state index in [4.69, 9.17) is 4.74 Å². The molecule has 4 nitrogen and oxygen atoms in total. The fourth-order valence-corrected chi connectivity index (χ4v) is 2.18. The summed E-state index contributed by atoms with van der Waals surface area (Å²) in [7, 11) is 0. The fraction of sp³-hybridized carbons (Fsp3) is 0.500. The van der Waals surface area contributed by atoms with Crippen molar-refractivity contribution in [1.29, 1.82) is 0 Å². The van der Waals surface area contributed by atoms with Crippen LogP contribution in [0.15, 0.2) is 24.3 Å². The number of ether oxygens (including phenoxy) is 1. The van der Waals surface area contributed by atoms with E-state index >= 15 is 0 Å². The van der Waals surface area contributed by atoms with Crippen molar-refractivity contribution in [3.8, 4) is 0 Å². The van der Waals surface area contributed by atoms with Gasteiger partial charge in [-0.1, -0.05) is 0 Å². The van der Waals surface area contributed by atoms with Gasteiger partial charge in [0.05, 0.1) is 19.1 Å². The number of hydrogen-bond acceptors (Lipinski definition) is 3. The van der Waals surface area contributed by atoms with Crippen molar-refractivity contribution in [3.63, 3.8) is 0 Å². The van der Waals surface area contributed by atoms with Crippen molar-refractivity contribution >= 4 is 11.6 Å². The van der Waals surface area contributed by atoms with Crippen LogP contribution in [0.2, 0.25) is 0 Å². The number of carbonyl (C=O) groups excluding carboxylic acids is 1. The zero-order valence-corrected chi connectivity index (χ0v) is 11.1. The molecule has 1 aromatic carbocycles. The summed E-state index contributed by atoms with van der Waals surface area (Å²) in [6.45, 7) is 4.64. The molecule has 1 heterocycles. The van der Waals surface area contributed by atoms with Gasteiger partial charge >= 0.3 is 0 Å². The van der Waals surface area contributed by atoms with Crippen LogP contribution in [0.5, 0.6) is 0 Å². The first-order valence-corrected chi connectivity index (χ1v) is 6.59. The first-order valence-electron chi connectivity index (χ1n) is 6.59. The van der Waals surface area contributed by atoms with Crippen LogP contribution in [0.25, 0.3) is 0 Å². The Hall–Kier alpha value is -1.46. The highest BCUT2D eigenvalue weighted by Crippen LogP contribution is 2.17. The summed E-state index contributed by atoms with van der Waals surface area (Å²) < 4.78 is 18.4. The Morgan fingerprint density at radius 3 is 2.79 bits per heavy atom. The van der Waals surface area contributed by atoms with Crippen LogP contribution < -0.4 is 10.2 Å². The first-order chi connectivity index (χ1) is 9.20. The fourth-order valence-electron chi connectivity index (χ4n) is 2.18. The number of halogens is 1. The van der Waals surface area contributed by atoms with Crippen molar-refractivity contribution in [2.45, 2.75) is 19.4 Å². The predicted octanol–water partition coefficient (Wildman–Crippen LogP) is 1.56. The second-order valence-electron chi connectivity index (χ2n) is 4.52. The summed E-state index contributed by atoms with van der Waals surface area (Å²) >= 11 is 0. The first kappa shape index (κ1) is 14.0. The van der Waals surface area contributed by atoms with Gasteiger partial charge in [-0.25, -0.2) is 4.39 Å². The zero-order valence-electron chi connectivity index (χ0n) is 11.1. The molecule has 0 radical (unpaired) electrons. The monoisotopic (exact) mass is 266 g/mol. The normalized spacial score (nSPS) is 19.2. The van der Waals surface area contributed by atoms with Crippen LogP contribution >= 0.6 is 0 Å². The molecule has 0 spiro atoms. The number of benzene rings is 1. The van der Waals surface area contributed by atoms with Crippen molar-refractivity contribution in [1.82, 2.24) is 5.32 Å². The van der Waals surface area contributed by atoms with Gasteiger partial charge in [0.25, 0.3) is 0 Å². The number of amides is 1. The van der Waals surface area contributed by atoms with Crippen molar-refractivity contribution in [2.75, 3.05) is 31.1 Å². The van der Waals surface area contributed by atoms with E-state index < -0.39 is 0 Å². The van der Waals surface area contributed by atoms with Crippen LogP contribution in [0, 0.1) is 5.82 Å². The summed E-state index contributed by atoms with van der Waals surface area (Å²) in [5.74, 6) is -0.296. The van der Waals surface area contributed by atoms with E-state index in [1.165, 1.54) is 12.1 Å². The highest BCUT2D eigenvalue weighted by molar-refractivity contribution is 5.93. The third-order valence-electron chi connectivity index (χ3n) is 3.16. The SMILES string of the molecule is CCN(C(=O)CC1CNCCO1)c1ccc(F)cc1. The molecule has 1 atom stereocenters. The van der Waals surface area contributed by atoms with E-state index in [0.29, 0.717) is 26.1 Å². The maximum absolute atomic E-state index is 12.9. The molecule has 5 heteroatoms. The molecule has 1 aliphatic rings. The number of nitrogens with one attached hydrogen (secondary N) is 1. The predicted molar refractivity (Wildman–Crippen MR) is 71.7 cm³/mol. The second-order valence-corrected chi connectivity index (χ2v) is 4.52. The maximum atomic E-state index is 12.9. The van der Waals surface area contributed by atoms with E-state index in [2.05, 4.69) is 5.32 Å². The van der Waals surface area contributed by atoms with E-state index in [1.807, 2.05) is 6.92 Å². The van der Waals surface area contributed by atoms with Crippen molar-refractivity contribution in [2.24, 2.45) is 0 Å². The Bertz CT molecular complexity index is 416. The van der Waals surface area contributed by atoms with E-state index in [9.17, 15) is 9.18 Å². The Kier molecular flexibility index (Phi) is 4.87. The maximum Gasteiger partial charge on any atom is 0.229 e. The molecule has 2 rings (SSSR count).